The molecule has 1 aromatic rings. The predicted octanol–water partition coefficient (Wildman–Crippen LogP) is 1.70. The van der Waals surface area contributed by atoms with E-state index in [-0.39, 0.29) is 18.8 Å². The highest BCUT2D eigenvalue weighted by Crippen LogP contribution is 2.43. The zero-order valence-corrected chi connectivity index (χ0v) is 9.72. The molecule has 1 aromatic heterocycles. The second kappa shape index (κ2) is 4.76. The first-order valence-electron chi connectivity index (χ1n) is 5.56. The molecule has 19 heavy (non-hydrogen) atoms. The second-order valence-electron chi connectivity index (χ2n) is 4.32. The van der Waals surface area contributed by atoms with Crippen molar-refractivity contribution in [2.24, 2.45) is 5.41 Å². The molecule has 1 amide bonds. The fourth-order valence-corrected chi connectivity index (χ4v) is 1.94. The predicted molar refractivity (Wildman–Crippen MR) is 58.8 cm³/mol. The summed E-state index contributed by atoms with van der Waals surface area (Å²) in [4.78, 5) is 15.4. The summed E-state index contributed by atoms with van der Waals surface area (Å²) in [6, 6.07) is 2.12. The zero-order chi connectivity index (χ0) is 14.1. The molecular formula is C11H11F4N3O. The Hall–Kier alpha value is -1.70. The molecule has 8 heteroatoms. The minimum atomic E-state index is -4.65. The van der Waals surface area contributed by atoms with Gasteiger partial charge in [-0.3, -0.25) is 4.79 Å². The van der Waals surface area contributed by atoms with E-state index in [1.807, 2.05) is 0 Å². The van der Waals surface area contributed by atoms with Crippen LogP contribution in [0.5, 0.6) is 0 Å². The van der Waals surface area contributed by atoms with E-state index in [1.54, 1.807) is 0 Å². The molecule has 0 aromatic carbocycles. The number of hydrogen-bond donors (Lipinski definition) is 2. The molecule has 0 saturated carbocycles. The van der Waals surface area contributed by atoms with Crippen LogP contribution in [0.2, 0.25) is 0 Å². The molecular weight excluding hydrogens is 266 g/mol. The highest BCUT2D eigenvalue weighted by molar-refractivity contribution is 5.95. The third-order valence-corrected chi connectivity index (χ3v) is 3.10. The Kier molecular flexibility index (Phi) is 3.44. The Morgan fingerprint density at radius 3 is 2.63 bits per heavy atom. The third kappa shape index (κ3) is 2.53. The maximum absolute atomic E-state index is 13.1. The third-order valence-electron chi connectivity index (χ3n) is 3.10. The van der Waals surface area contributed by atoms with Gasteiger partial charge in [-0.25, -0.2) is 9.37 Å². The molecule has 2 heterocycles. The van der Waals surface area contributed by atoms with Crippen LogP contribution >= 0.6 is 0 Å². The van der Waals surface area contributed by atoms with Gasteiger partial charge >= 0.3 is 6.18 Å². The van der Waals surface area contributed by atoms with Crippen molar-refractivity contribution in [1.29, 1.82) is 0 Å². The number of hydrogen-bond acceptors (Lipinski definition) is 3. The number of carbonyl (C=O) groups is 1. The number of anilines is 1. The summed E-state index contributed by atoms with van der Waals surface area (Å²) >= 11 is 0. The lowest BCUT2D eigenvalue weighted by Crippen LogP contribution is -2.49. The van der Waals surface area contributed by atoms with Gasteiger partial charge in [-0.1, -0.05) is 0 Å². The van der Waals surface area contributed by atoms with Crippen molar-refractivity contribution in [3.8, 4) is 0 Å². The molecule has 1 aliphatic heterocycles. The number of aromatic nitrogens is 1. The maximum atomic E-state index is 13.1. The monoisotopic (exact) mass is 277 g/mol. The van der Waals surface area contributed by atoms with E-state index < -0.39 is 29.9 Å². The molecule has 0 bridgehead atoms. The smallest absolute Gasteiger partial charge is 0.315 e. The van der Waals surface area contributed by atoms with Gasteiger partial charge < -0.3 is 10.6 Å². The van der Waals surface area contributed by atoms with Gasteiger partial charge in [-0.15, -0.1) is 0 Å². The van der Waals surface area contributed by atoms with Gasteiger partial charge in [0, 0.05) is 6.54 Å². The first kappa shape index (κ1) is 13.7. The zero-order valence-electron chi connectivity index (χ0n) is 9.72. The van der Waals surface area contributed by atoms with Crippen molar-refractivity contribution >= 4 is 11.7 Å². The lowest BCUT2D eigenvalue weighted by molar-refractivity contribution is -0.213. The topological polar surface area (TPSA) is 54.0 Å². The summed E-state index contributed by atoms with van der Waals surface area (Å²) in [5.74, 6) is -1.92. The van der Waals surface area contributed by atoms with Crippen LogP contribution in [0.3, 0.4) is 0 Å². The van der Waals surface area contributed by atoms with Crippen molar-refractivity contribution in [3.05, 3.63) is 24.1 Å². The molecule has 1 saturated heterocycles. The minimum absolute atomic E-state index is 0.109. The van der Waals surface area contributed by atoms with Gasteiger partial charge in [-0.2, -0.15) is 13.2 Å². The fourth-order valence-electron chi connectivity index (χ4n) is 1.94. The Labute approximate surface area is 106 Å². The molecule has 4 nitrogen and oxygen atoms in total. The molecule has 0 spiro atoms. The van der Waals surface area contributed by atoms with Crippen LogP contribution in [0.15, 0.2) is 18.3 Å². The molecule has 1 fully saturated rings. The standard InChI is InChI=1S/C11H11F4N3O/c12-7-1-2-8(17-5-7)18-9(19)10(11(13,14)15)3-4-16-6-10/h1-2,5,16H,3-4,6H2,(H,17,18,19). The molecule has 2 N–H and O–H groups in total. The molecule has 0 radical (unpaired) electrons. The number of halogens is 4. The van der Waals surface area contributed by atoms with Crippen molar-refractivity contribution in [3.63, 3.8) is 0 Å². The van der Waals surface area contributed by atoms with Gasteiger partial charge in [-0.05, 0) is 25.1 Å². The number of alkyl halides is 3. The summed E-state index contributed by atoms with van der Waals surface area (Å²) in [6.07, 6.45) is -4.16. The summed E-state index contributed by atoms with van der Waals surface area (Å²) in [5, 5.41) is 4.62. The number of amides is 1. The van der Waals surface area contributed by atoms with Crippen LogP contribution in [0.1, 0.15) is 6.42 Å². The lowest BCUT2D eigenvalue weighted by atomic mass is 9.85. The van der Waals surface area contributed by atoms with E-state index in [1.165, 1.54) is 0 Å². The number of rotatable bonds is 2. The quantitative estimate of drug-likeness (QED) is 0.809. The van der Waals surface area contributed by atoms with Gasteiger partial charge in [0.1, 0.15) is 11.6 Å². The van der Waals surface area contributed by atoms with Crippen molar-refractivity contribution in [2.75, 3.05) is 18.4 Å². The largest absolute Gasteiger partial charge is 0.404 e. The molecule has 1 unspecified atom stereocenters. The molecule has 104 valence electrons. The second-order valence-corrected chi connectivity index (χ2v) is 4.32. The molecule has 0 aliphatic carbocycles. The lowest BCUT2D eigenvalue weighted by Gasteiger charge is -2.29. The van der Waals surface area contributed by atoms with E-state index in [9.17, 15) is 22.4 Å². The average Bonchev–Trinajstić information content (AvgIpc) is 2.82. The van der Waals surface area contributed by atoms with Crippen molar-refractivity contribution in [1.82, 2.24) is 10.3 Å². The number of carbonyl (C=O) groups excluding carboxylic acids is 1. The first-order chi connectivity index (χ1) is 8.85. The maximum Gasteiger partial charge on any atom is 0.404 e. The van der Waals surface area contributed by atoms with Crippen molar-refractivity contribution in [2.45, 2.75) is 12.6 Å². The summed E-state index contributed by atoms with van der Waals surface area (Å²) < 4.78 is 51.8. The van der Waals surface area contributed by atoms with Crippen molar-refractivity contribution < 1.29 is 22.4 Å². The van der Waals surface area contributed by atoms with Crippen LogP contribution in [-0.4, -0.2) is 30.2 Å². The molecule has 1 aliphatic rings. The molecule has 1 atom stereocenters. The highest BCUT2D eigenvalue weighted by Gasteiger charge is 2.61. The van der Waals surface area contributed by atoms with Crippen LogP contribution < -0.4 is 10.6 Å². The molecule has 2 rings (SSSR count). The van der Waals surface area contributed by atoms with Crippen LogP contribution in [0.25, 0.3) is 0 Å². The van der Waals surface area contributed by atoms with Gasteiger partial charge in [0.15, 0.2) is 5.41 Å². The SMILES string of the molecule is O=C(Nc1ccc(F)cn1)C1(C(F)(F)F)CCNC1. The van der Waals surface area contributed by atoms with E-state index >= 15 is 0 Å². The summed E-state index contributed by atoms with van der Waals surface area (Å²) in [7, 11) is 0. The summed E-state index contributed by atoms with van der Waals surface area (Å²) in [6.45, 7) is -0.354. The highest BCUT2D eigenvalue weighted by atomic mass is 19.4. The minimum Gasteiger partial charge on any atom is -0.315 e. The van der Waals surface area contributed by atoms with Gasteiger partial charge in [0.25, 0.3) is 0 Å². The van der Waals surface area contributed by atoms with Gasteiger partial charge in [0.05, 0.1) is 6.20 Å². The van der Waals surface area contributed by atoms with Gasteiger partial charge in [0.2, 0.25) is 5.91 Å². The van der Waals surface area contributed by atoms with Crippen LogP contribution in [0, 0.1) is 11.2 Å². The number of nitrogens with zero attached hydrogens (tertiary/aromatic N) is 1. The Bertz CT molecular complexity index is 466. The van der Waals surface area contributed by atoms with E-state index in [4.69, 9.17) is 0 Å². The van der Waals surface area contributed by atoms with E-state index in [0.29, 0.717) is 0 Å². The first-order valence-corrected chi connectivity index (χ1v) is 5.56. The Morgan fingerprint density at radius 1 is 1.42 bits per heavy atom. The average molecular weight is 277 g/mol. The number of nitrogens with one attached hydrogen (secondary N) is 2. The van der Waals surface area contributed by atoms with Crippen LogP contribution in [0.4, 0.5) is 23.4 Å². The van der Waals surface area contributed by atoms with Crippen LogP contribution in [-0.2, 0) is 4.79 Å². The Morgan fingerprint density at radius 2 is 2.16 bits per heavy atom. The fraction of sp³-hybridized carbons (Fsp3) is 0.455. The summed E-state index contributed by atoms with van der Waals surface area (Å²) in [5.41, 5.74) is -2.46. The normalized spacial score (nSPS) is 23.4. The number of pyridine rings is 1. The van der Waals surface area contributed by atoms with E-state index in [0.717, 1.165) is 18.3 Å². The van der Waals surface area contributed by atoms with E-state index in [2.05, 4.69) is 15.6 Å². The Balaban J connectivity index is 2.19.